The Morgan fingerprint density at radius 2 is 2.07 bits per heavy atom. The van der Waals surface area contributed by atoms with Crippen molar-refractivity contribution in [2.24, 2.45) is 0 Å². The number of benzene rings is 2. The second-order valence-electron chi connectivity index (χ2n) is 6.00. The Morgan fingerprint density at radius 3 is 2.74 bits per heavy atom. The van der Waals surface area contributed by atoms with Crippen LogP contribution in [0.4, 0.5) is 15.8 Å². The Hall–Kier alpha value is -2.95. The van der Waals surface area contributed by atoms with E-state index in [4.69, 9.17) is 22.6 Å². The lowest BCUT2D eigenvalue weighted by atomic mass is 10.1. The molecule has 0 amide bonds. The van der Waals surface area contributed by atoms with Crippen LogP contribution in [0.25, 0.3) is 16.3 Å². The topological polar surface area (TPSA) is 75.5 Å². The van der Waals surface area contributed by atoms with Gasteiger partial charge in [0.2, 0.25) is 17.5 Å². The Balaban J connectivity index is 1.92. The molecule has 0 saturated heterocycles. The number of aliphatic hydroxyl groups is 1. The van der Waals surface area contributed by atoms with Crippen molar-refractivity contribution < 1.29 is 13.9 Å². The number of rotatable bonds is 5. The van der Waals surface area contributed by atoms with Crippen molar-refractivity contribution in [1.29, 1.82) is 0 Å². The smallest absolute Gasteiger partial charge is 0.247 e. The third-order valence-corrected chi connectivity index (χ3v) is 4.54. The molecule has 138 valence electrons. The second kappa shape index (κ2) is 7.74. The maximum atomic E-state index is 13.4. The van der Waals surface area contributed by atoms with Gasteiger partial charge in [0, 0.05) is 11.3 Å². The van der Waals surface area contributed by atoms with Crippen LogP contribution in [-0.2, 0) is 0 Å². The van der Waals surface area contributed by atoms with E-state index < -0.39 is 18.0 Å². The number of halogens is 2. The van der Waals surface area contributed by atoms with Crippen LogP contribution in [-0.4, -0.2) is 21.4 Å². The van der Waals surface area contributed by atoms with Gasteiger partial charge >= 0.3 is 0 Å². The zero-order chi connectivity index (χ0) is 19.6. The quantitative estimate of drug-likeness (QED) is 0.608. The highest BCUT2D eigenvalue weighted by Crippen LogP contribution is 2.35. The number of anilines is 1. The Morgan fingerprint density at radius 1 is 1.30 bits per heavy atom. The molecule has 1 aromatic heterocycles. The zero-order valence-corrected chi connectivity index (χ0v) is 15.3. The van der Waals surface area contributed by atoms with Crippen LogP contribution in [0, 0.1) is 19.3 Å². The number of nitrogens with one attached hydrogen (secondary N) is 1. The Bertz CT molecular complexity index is 1010. The van der Waals surface area contributed by atoms with Gasteiger partial charge in [-0.3, -0.25) is 0 Å². The summed E-state index contributed by atoms with van der Waals surface area (Å²) in [6.45, 7) is 10.5. The monoisotopic (exact) mass is 386 g/mol. The first-order valence-electron chi connectivity index (χ1n) is 8.11. The molecule has 2 atom stereocenters. The van der Waals surface area contributed by atoms with Gasteiger partial charge in [-0.25, -0.2) is 9.24 Å². The summed E-state index contributed by atoms with van der Waals surface area (Å²) in [5.74, 6) is -0.119. The van der Waals surface area contributed by atoms with Gasteiger partial charge in [0.05, 0.1) is 17.7 Å². The number of aliphatic hydroxyl groups excluding tert-OH is 1. The molecule has 2 aromatic carbocycles. The molecule has 3 aromatic rings. The molecular weight excluding hydrogens is 371 g/mol. The van der Waals surface area contributed by atoms with E-state index in [0.29, 0.717) is 27.5 Å². The molecule has 3 rings (SSSR count). The van der Waals surface area contributed by atoms with Crippen molar-refractivity contribution in [2.75, 3.05) is 5.32 Å². The number of hydrogen-bond donors (Lipinski definition) is 2. The van der Waals surface area contributed by atoms with Gasteiger partial charge in [-0.1, -0.05) is 23.7 Å². The van der Waals surface area contributed by atoms with E-state index in [9.17, 15) is 9.50 Å². The molecule has 1 unspecified atom stereocenters. The first kappa shape index (κ1) is 18.8. The molecule has 0 fully saturated rings. The fourth-order valence-electron chi connectivity index (χ4n) is 2.57. The first-order valence-corrected chi connectivity index (χ1v) is 8.49. The summed E-state index contributed by atoms with van der Waals surface area (Å²) >= 11 is 6.20. The predicted octanol–water partition coefficient (Wildman–Crippen LogP) is 4.92. The molecule has 2 N–H and O–H groups in total. The van der Waals surface area contributed by atoms with E-state index in [2.05, 4.69) is 20.4 Å². The standard InChI is InChI=1S/C19H16ClFN4O2/c1-10-14(7-8-15(22-3)16(10)20)23-17(11(2)26)19-25-24-18(27-19)12-5-4-6-13(21)9-12/h4-9,11,17,23,26H,1-2H3/t11?,17-/m1/s1. The van der Waals surface area contributed by atoms with Gasteiger partial charge in [-0.2, -0.15) is 0 Å². The van der Waals surface area contributed by atoms with Crippen LogP contribution in [0.5, 0.6) is 0 Å². The minimum absolute atomic E-state index is 0.147. The molecule has 27 heavy (non-hydrogen) atoms. The molecule has 0 bridgehead atoms. The van der Waals surface area contributed by atoms with E-state index in [1.807, 2.05) is 0 Å². The summed E-state index contributed by atoms with van der Waals surface area (Å²) in [7, 11) is 0. The summed E-state index contributed by atoms with van der Waals surface area (Å²) in [5, 5.41) is 21.6. The van der Waals surface area contributed by atoms with Crippen molar-refractivity contribution in [2.45, 2.75) is 26.0 Å². The summed E-state index contributed by atoms with van der Waals surface area (Å²) in [6, 6.07) is 8.38. The first-order chi connectivity index (χ1) is 12.9. The molecule has 0 aliphatic heterocycles. The van der Waals surface area contributed by atoms with Crippen LogP contribution >= 0.6 is 11.6 Å². The van der Waals surface area contributed by atoms with Gasteiger partial charge in [-0.15, -0.1) is 10.2 Å². The molecule has 0 aliphatic carbocycles. The summed E-state index contributed by atoms with van der Waals surface area (Å²) in [4.78, 5) is 3.36. The van der Waals surface area contributed by atoms with E-state index in [0.717, 1.165) is 0 Å². The lowest BCUT2D eigenvalue weighted by Gasteiger charge is -2.21. The second-order valence-corrected chi connectivity index (χ2v) is 6.38. The van der Waals surface area contributed by atoms with Crippen LogP contribution < -0.4 is 5.32 Å². The van der Waals surface area contributed by atoms with Crippen LogP contribution in [0.2, 0.25) is 5.02 Å². The van der Waals surface area contributed by atoms with Crippen LogP contribution in [0.15, 0.2) is 40.8 Å². The van der Waals surface area contributed by atoms with Gasteiger partial charge in [0.15, 0.2) is 0 Å². The van der Waals surface area contributed by atoms with E-state index in [1.54, 1.807) is 38.1 Å². The van der Waals surface area contributed by atoms with Gasteiger partial charge in [-0.05, 0) is 43.7 Å². The van der Waals surface area contributed by atoms with Crippen molar-refractivity contribution in [3.8, 4) is 11.5 Å². The van der Waals surface area contributed by atoms with Gasteiger partial charge in [0.25, 0.3) is 0 Å². The Labute approximate surface area is 160 Å². The van der Waals surface area contributed by atoms with Crippen molar-refractivity contribution in [1.82, 2.24) is 10.2 Å². The molecule has 1 heterocycles. The highest BCUT2D eigenvalue weighted by Gasteiger charge is 2.25. The molecule has 0 aliphatic rings. The van der Waals surface area contributed by atoms with E-state index in [-0.39, 0.29) is 11.8 Å². The molecule has 0 saturated carbocycles. The van der Waals surface area contributed by atoms with Crippen LogP contribution in [0.3, 0.4) is 0 Å². The molecule has 8 heteroatoms. The minimum Gasteiger partial charge on any atom is -0.418 e. The number of nitrogens with zero attached hydrogens (tertiary/aromatic N) is 3. The average molecular weight is 387 g/mol. The van der Waals surface area contributed by atoms with E-state index >= 15 is 0 Å². The van der Waals surface area contributed by atoms with Crippen molar-refractivity contribution in [3.05, 3.63) is 70.1 Å². The van der Waals surface area contributed by atoms with Gasteiger partial charge in [0.1, 0.15) is 11.9 Å². The fourth-order valence-corrected chi connectivity index (χ4v) is 2.78. The Kier molecular flexibility index (Phi) is 5.40. The summed E-state index contributed by atoms with van der Waals surface area (Å²) < 4.78 is 19.0. The number of aromatic nitrogens is 2. The highest BCUT2D eigenvalue weighted by molar-refractivity contribution is 6.34. The highest BCUT2D eigenvalue weighted by atomic mass is 35.5. The summed E-state index contributed by atoms with van der Waals surface area (Å²) in [6.07, 6.45) is -0.871. The maximum Gasteiger partial charge on any atom is 0.247 e. The third kappa shape index (κ3) is 3.92. The third-order valence-electron chi connectivity index (χ3n) is 4.06. The molecule has 0 radical (unpaired) electrons. The van der Waals surface area contributed by atoms with E-state index in [1.165, 1.54) is 12.1 Å². The van der Waals surface area contributed by atoms with Gasteiger partial charge < -0.3 is 14.8 Å². The number of hydrogen-bond acceptors (Lipinski definition) is 5. The molecule has 6 nitrogen and oxygen atoms in total. The lowest BCUT2D eigenvalue weighted by Crippen LogP contribution is -2.23. The van der Waals surface area contributed by atoms with Crippen molar-refractivity contribution >= 4 is 23.0 Å². The lowest BCUT2D eigenvalue weighted by molar-refractivity contribution is 0.159. The van der Waals surface area contributed by atoms with Crippen molar-refractivity contribution in [3.63, 3.8) is 0 Å². The summed E-state index contributed by atoms with van der Waals surface area (Å²) in [5.41, 5.74) is 2.09. The normalized spacial score (nSPS) is 13.0. The fraction of sp³-hybridized carbons (Fsp3) is 0.211. The molecule has 0 spiro atoms. The van der Waals surface area contributed by atoms with Crippen LogP contribution in [0.1, 0.15) is 24.4 Å². The predicted molar refractivity (Wildman–Crippen MR) is 100 cm³/mol. The average Bonchev–Trinajstić information content (AvgIpc) is 3.12. The minimum atomic E-state index is -0.871. The SMILES string of the molecule is [C-]#[N+]c1ccc(N[C@@H](c2nnc(-c3cccc(F)c3)o2)C(C)O)c(C)c1Cl. The molecular formula is C19H16ClFN4O2. The maximum absolute atomic E-state index is 13.4. The largest absolute Gasteiger partial charge is 0.418 e. The zero-order valence-electron chi connectivity index (χ0n) is 14.6.